The summed E-state index contributed by atoms with van der Waals surface area (Å²) in [4.78, 5) is 0. The van der Waals surface area contributed by atoms with Gasteiger partial charge in [-0.3, -0.25) is 0 Å². The molecule has 120 valence electrons. The van der Waals surface area contributed by atoms with Gasteiger partial charge in [-0.2, -0.15) is 0 Å². The first-order valence-corrected chi connectivity index (χ1v) is 8.73. The molecule has 21 heavy (non-hydrogen) atoms. The van der Waals surface area contributed by atoms with Crippen LogP contribution >= 0.6 is 0 Å². The highest BCUT2D eigenvalue weighted by Gasteiger charge is 2.09. The number of unbranched alkanes of at least 4 members (excludes halogenated alkanes) is 1. The summed E-state index contributed by atoms with van der Waals surface area (Å²) in [5, 5.41) is 3.58. The Bertz CT molecular complexity index is 372. The molecule has 0 saturated heterocycles. The van der Waals surface area contributed by atoms with Crippen LogP contribution < -0.4 is 5.32 Å². The van der Waals surface area contributed by atoms with Crippen LogP contribution in [0.2, 0.25) is 0 Å². The minimum Gasteiger partial charge on any atom is -0.312 e. The molecular weight excluding hydrogens is 254 g/mol. The van der Waals surface area contributed by atoms with Gasteiger partial charge in [0.05, 0.1) is 0 Å². The van der Waals surface area contributed by atoms with Crippen molar-refractivity contribution in [2.24, 2.45) is 5.92 Å². The van der Waals surface area contributed by atoms with Crippen LogP contribution in [0.1, 0.15) is 71.4 Å². The van der Waals surface area contributed by atoms with Crippen LogP contribution in [0.3, 0.4) is 0 Å². The largest absolute Gasteiger partial charge is 0.312 e. The summed E-state index contributed by atoms with van der Waals surface area (Å²) < 4.78 is 0. The Hall–Kier alpha value is -0.820. The molecule has 1 N–H and O–H groups in total. The number of rotatable bonds is 9. The van der Waals surface area contributed by atoms with Gasteiger partial charge in [0.15, 0.2) is 0 Å². The highest BCUT2D eigenvalue weighted by atomic mass is 14.9. The molecule has 0 radical (unpaired) electrons. The first kappa shape index (κ1) is 18.2. The Balaban J connectivity index is 2.24. The molecule has 0 aliphatic heterocycles. The zero-order valence-electron chi connectivity index (χ0n) is 14.8. The molecule has 1 rings (SSSR count). The summed E-state index contributed by atoms with van der Waals surface area (Å²) >= 11 is 0. The Labute approximate surface area is 132 Å². The molecule has 1 aromatic carbocycles. The van der Waals surface area contributed by atoms with Crippen molar-refractivity contribution < 1.29 is 0 Å². The third kappa shape index (κ3) is 8.93. The number of hydrogen-bond acceptors (Lipinski definition) is 1. The van der Waals surface area contributed by atoms with Crippen molar-refractivity contribution in [3.8, 4) is 0 Å². The van der Waals surface area contributed by atoms with Crippen LogP contribution in [-0.2, 0) is 12.8 Å². The SMILES string of the molecule is CCCCc1ccc(CCC(C)CCNC(C)(C)C)cc1. The van der Waals surface area contributed by atoms with Crippen LogP contribution in [0.5, 0.6) is 0 Å². The minimum absolute atomic E-state index is 0.244. The number of benzene rings is 1. The van der Waals surface area contributed by atoms with Gasteiger partial charge < -0.3 is 5.32 Å². The van der Waals surface area contributed by atoms with E-state index in [-0.39, 0.29) is 5.54 Å². The van der Waals surface area contributed by atoms with E-state index < -0.39 is 0 Å². The van der Waals surface area contributed by atoms with Gasteiger partial charge in [-0.05, 0) is 76.5 Å². The number of hydrogen-bond donors (Lipinski definition) is 1. The van der Waals surface area contributed by atoms with Crippen LogP contribution in [0.15, 0.2) is 24.3 Å². The second-order valence-electron chi connectivity index (χ2n) is 7.53. The highest BCUT2D eigenvalue weighted by Crippen LogP contribution is 2.14. The van der Waals surface area contributed by atoms with Gasteiger partial charge in [-0.25, -0.2) is 0 Å². The molecule has 0 bridgehead atoms. The first-order valence-electron chi connectivity index (χ1n) is 8.73. The van der Waals surface area contributed by atoms with E-state index in [1.54, 1.807) is 0 Å². The quantitative estimate of drug-likeness (QED) is 0.644. The van der Waals surface area contributed by atoms with E-state index in [1.807, 2.05) is 0 Å². The third-order valence-corrected chi connectivity index (χ3v) is 4.06. The van der Waals surface area contributed by atoms with Gasteiger partial charge in [0.1, 0.15) is 0 Å². The van der Waals surface area contributed by atoms with Gasteiger partial charge in [0.25, 0.3) is 0 Å². The van der Waals surface area contributed by atoms with E-state index in [1.165, 1.54) is 49.7 Å². The van der Waals surface area contributed by atoms with Gasteiger partial charge in [-0.15, -0.1) is 0 Å². The second-order valence-corrected chi connectivity index (χ2v) is 7.53. The maximum atomic E-state index is 3.58. The van der Waals surface area contributed by atoms with Crippen LogP contribution in [0, 0.1) is 5.92 Å². The molecule has 0 aromatic heterocycles. The fourth-order valence-corrected chi connectivity index (χ4v) is 2.50. The van der Waals surface area contributed by atoms with Gasteiger partial charge in [0.2, 0.25) is 0 Å². The Kier molecular flexibility index (Phi) is 8.03. The van der Waals surface area contributed by atoms with Crippen molar-refractivity contribution in [3.63, 3.8) is 0 Å². The molecule has 0 fully saturated rings. The monoisotopic (exact) mass is 289 g/mol. The number of aryl methyl sites for hydroxylation is 2. The first-order chi connectivity index (χ1) is 9.90. The third-order valence-electron chi connectivity index (χ3n) is 4.06. The minimum atomic E-state index is 0.244. The Morgan fingerprint density at radius 3 is 2.05 bits per heavy atom. The lowest BCUT2D eigenvalue weighted by Crippen LogP contribution is -2.36. The zero-order chi connectivity index (χ0) is 15.7. The van der Waals surface area contributed by atoms with Crippen molar-refractivity contribution in [2.75, 3.05) is 6.54 Å². The summed E-state index contributed by atoms with van der Waals surface area (Å²) in [5.74, 6) is 0.791. The molecule has 0 amide bonds. The second kappa shape index (κ2) is 9.25. The average molecular weight is 290 g/mol. The molecule has 1 aromatic rings. The predicted octanol–water partition coefficient (Wildman–Crippen LogP) is 5.38. The maximum absolute atomic E-state index is 3.58. The van der Waals surface area contributed by atoms with Crippen molar-refractivity contribution in [2.45, 2.75) is 78.7 Å². The van der Waals surface area contributed by atoms with Gasteiger partial charge in [-0.1, -0.05) is 44.5 Å². The molecule has 0 saturated carbocycles. The summed E-state index contributed by atoms with van der Waals surface area (Å²) in [5.41, 5.74) is 3.22. The van der Waals surface area contributed by atoms with E-state index in [9.17, 15) is 0 Å². The normalized spacial score (nSPS) is 13.4. The predicted molar refractivity (Wildman–Crippen MR) is 94.9 cm³/mol. The van der Waals surface area contributed by atoms with Crippen molar-refractivity contribution >= 4 is 0 Å². The Morgan fingerprint density at radius 1 is 0.952 bits per heavy atom. The molecule has 0 spiro atoms. The molecule has 0 aliphatic rings. The summed E-state index contributed by atoms with van der Waals surface area (Å²) in [6.45, 7) is 12.5. The molecule has 1 unspecified atom stereocenters. The zero-order valence-corrected chi connectivity index (χ0v) is 14.8. The lowest BCUT2D eigenvalue weighted by atomic mass is 9.96. The number of nitrogens with one attached hydrogen (secondary N) is 1. The maximum Gasteiger partial charge on any atom is 0.00965 e. The molecule has 1 nitrogen and oxygen atoms in total. The van der Waals surface area contributed by atoms with E-state index >= 15 is 0 Å². The standard InChI is InChI=1S/C20H35N/c1-6-7-8-18-11-13-19(14-12-18)10-9-17(2)15-16-21-20(3,4)5/h11-14,17,21H,6-10,15-16H2,1-5H3. The van der Waals surface area contributed by atoms with Crippen molar-refractivity contribution in [1.29, 1.82) is 0 Å². The average Bonchev–Trinajstić information content (AvgIpc) is 2.42. The lowest BCUT2D eigenvalue weighted by molar-refractivity contribution is 0.386. The molecule has 0 heterocycles. The summed E-state index contributed by atoms with van der Waals surface area (Å²) in [6.07, 6.45) is 7.58. The van der Waals surface area contributed by atoms with E-state index in [0.717, 1.165) is 12.5 Å². The van der Waals surface area contributed by atoms with Gasteiger partial charge in [0, 0.05) is 5.54 Å². The van der Waals surface area contributed by atoms with Crippen LogP contribution in [0.25, 0.3) is 0 Å². The molecular formula is C20H35N. The van der Waals surface area contributed by atoms with Crippen LogP contribution in [0.4, 0.5) is 0 Å². The fraction of sp³-hybridized carbons (Fsp3) is 0.700. The van der Waals surface area contributed by atoms with E-state index in [0.29, 0.717) is 0 Å². The van der Waals surface area contributed by atoms with Crippen molar-refractivity contribution in [3.05, 3.63) is 35.4 Å². The topological polar surface area (TPSA) is 12.0 Å². The van der Waals surface area contributed by atoms with Gasteiger partial charge >= 0.3 is 0 Å². The Morgan fingerprint density at radius 2 is 1.52 bits per heavy atom. The molecule has 1 heteroatoms. The smallest absolute Gasteiger partial charge is 0.00965 e. The molecule has 0 aliphatic carbocycles. The fourth-order valence-electron chi connectivity index (χ4n) is 2.50. The molecule has 1 atom stereocenters. The van der Waals surface area contributed by atoms with Crippen LogP contribution in [-0.4, -0.2) is 12.1 Å². The van der Waals surface area contributed by atoms with Crippen molar-refractivity contribution in [1.82, 2.24) is 5.32 Å². The highest BCUT2D eigenvalue weighted by molar-refractivity contribution is 5.22. The summed E-state index contributed by atoms with van der Waals surface area (Å²) in [7, 11) is 0. The lowest BCUT2D eigenvalue weighted by Gasteiger charge is -2.22. The van der Waals surface area contributed by atoms with E-state index in [4.69, 9.17) is 0 Å². The van der Waals surface area contributed by atoms with E-state index in [2.05, 4.69) is 64.2 Å². The summed E-state index contributed by atoms with van der Waals surface area (Å²) in [6, 6.07) is 9.28.